The number of hydrogen-bond acceptors (Lipinski definition) is 7. The van der Waals surface area contributed by atoms with Crippen molar-refractivity contribution in [2.75, 3.05) is 59.5 Å². The Bertz CT molecular complexity index is 1280. The number of furan rings is 1. The molecule has 4 aromatic rings. The van der Waals surface area contributed by atoms with E-state index < -0.39 is 0 Å². The third-order valence-corrected chi connectivity index (χ3v) is 6.39. The molecule has 0 aliphatic carbocycles. The third kappa shape index (κ3) is 4.03. The van der Waals surface area contributed by atoms with Gasteiger partial charge in [0.05, 0.1) is 21.3 Å². The Kier molecular flexibility index (Phi) is 6.02. The van der Waals surface area contributed by atoms with Gasteiger partial charge in [0.1, 0.15) is 11.3 Å². The van der Waals surface area contributed by atoms with Gasteiger partial charge >= 0.3 is 0 Å². The second kappa shape index (κ2) is 9.27. The summed E-state index contributed by atoms with van der Waals surface area (Å²) in [4.78, 5) is 9.35. The molecule has 2 aromatic carbocycles. The fraction of sp³-hybridized carbons (Fsp3) is 0.296. The van der Waals surface area contributed by atoms with Crippen LogP contribution in [0.1, 0.15) is 0 Å². The van der Waals surface area contributed by atoms with E-state index in [0.29, 0.717) is 23.0 Å². The van der Waals surface area contributed by atoms with Gasteiger partial charge in [0.2, 0.25) is 5.75 Å². The standard InChI is InChI=1S/C27H29N3O4/c1-29-10-12-30(13-11-29)20-7-5-6-18(14-20)21-8-9-28-22-17-23(34-26(21)22)19-15-24(31-2)27(33-4)25(16-19)32-3/h5-9,14-17H,10-13H2,1-4H3. The van der Waals surface area contributed by atoms with Crippen LogP contribution in [0.15, 0.2) is 59.1 Å². The van der Waals surface area contributed by atoms with E-state index in [9.17, 15) is 0 Å². The molecule has 176 valence electrons. The van der Waals surface area contributed by atoms with Gasteiger partial charge in [-0.2, -0.15) is 0 Å². The smallest absolute Gasteiger partial charge is 0.203 e. The Labute approximate surface area is 199 Å². The monoisotopic (exact) mass is 459 g/mol. The topological polar surface area (TPSA) is 60.2 Å². The van der Waals surface area contributed by atoms with Crippen molar-refractivity contribution in [1.82, 2.24) is 9.88 Å². The Balaban J connectivity index is 1.55. The van der Waals surface area contributed by atoms with Crippen LogP contribution in [0.5, 0.6) is 17.2 Å². The Morgan fingerprint density at radius 3 is 2.24 bits per heavy atom. The summed E-state index contributed by atoms with van der Waals surface area (Å²) in [5, 5.41) is 0. The summed E-state index contributed by atoms with van der Waals surface area (Å²) in [6, 6.07) is 16.4. The van der Waals surface area contributed by atoms with Crippen LogP contribution in [0, 0.1) is 0 Å². The second-order valence-corrected chi connectivity index (χ2v) is 8.44. The highest BCUT2D eigenvalue weighted by Crippen LogP contribution is 2.43. The predicted molar refractivity (Wildman–Crippen MR) is 134 cm³/mol. The van der Waals surface area contributed by atoms with Crippen LogP contribution in [-0.4, -0.2) is 64.4 Å². The second-order valence-electron chi connectivity index (χ2n) is 8.44. The molecular weight excluding hydrogens is 430 g/mol. The van der Waals surface area contributed by atoms with Crippen LogP contribution < -0.4 is 19.1 Å². The van der Waals surface area contributed by atoms with E-state index in [0.717, 1.165) is 54.0 Å². The average molecular weight is 460 g/mol. The van der Waals surface area contributed by atoms with E-state index in [1.807, 2.05) is 30.5 Å². The van der Waals surface area contributed by atoms with E-state index in [1.54, 1.807) is 21.3 Å². The Morgan fingerprint density at radius 1 is 0.824 bits per heavy atom. The van der Waals surface area contributed by atoms with Crippen molar-refractivity contribution in [3.8, 4) is 39.7 Å². The third-order valence-electron chi connectivity index (χ3n) is 6.39. The molecule has 3 heterocycles. The van der Waals surface area contributed by atoms with E-state index in [4.69, 9.17) is 18.6 Å². The Hall–Kier alpha value is -3.71. The van der Waals surface area contributed by atoms with E-state index in [2.05, 4.69) is 46.1 Å². The van der Waals surface area contributed by atoms with Crippen LogP contribution in [-0.2, 0) is 0 Å². The number of piperazine rings is 1. The summed E-state index contributed by atoms with van der Waals surface area (Å²) < 4.78 is 22.9. The molecule has 0 unspecified atom stereocenters. The van der Waals surface area contributed by atoms with Crippen molar-refractivity contribution >= 4 is 16.8 Å². The molecule has 7 nitrogen and oxygen atoms in total. The summed E-state index contributed by atoms with van der Waals surface area (Å²) in [6.45, 7) is 4.19. The van der Waals surface area contributed by atoms with Crippen molar-refractivity contribution in [2.45, 2.75) is 0 Å². The molecule has 0 atom stereocenters. The van der Waals surface area contributed by atoms with Crippen LogP contribution in [0.2, 0.25) is 0 Å². The zero-order valence-corrected chi connectivity index (χ0v) is 20.0. The maximum absolute atomic E-state index is 6.38. The molecule has 5 rings (SSSR count). The highest BCUT2D eigenvalue weighted by Gasteiger charge is 2.19. The lowest BCUT2D eigenvalue weighted by atomic mass is 10.0. The number of hydrogen-bond donors (Lipinski definition) is 0. The average Bonchev–Trinajstić information content (AvgIpc) is 3.33. The summed E-state index contributed by atoms with van der Waals surface area (Å²) in [7, 11) is 6.97. The molecule has 7 heteroatoms. The first kappa shape index (κ1) is 22.1. The van der Waals surface area contributed by atoms with Crippen molar-refractivity contribution < 1.29 is 18.6 Å². The molecule has 2 aromatic heterocycles. The number of nitrogens with zero attached hydrogens (tertiary/aromatic N) is 3. The summed E-state index contributed by atoms with van der Waals surface area (Å²) >= 11 is 0. The molecular formula is C27H29N3O4. The SMILES string of the molecule is COc1cc(-c2cc3nccc(-c4cccc(N5CCN(C)CC5)c4)c3o2)cc(OC)c1OC. The lowest BCUT2D eigenvalue weighted by Crippen LogP contribution is -2.44. The molecule has 0 bridgehead atoms. The Morgan fingerprint density at radius 2 is 1.56 bits per heavy atom. The van der Waals surface area contributed by atoms with Crippen molar-refractivity contribution in [3.05, 3.63) is 54.7 Å². The van der Waals surface area contributed by atoms with Gasteiger partial charge in [-0.15, -0.1) is 0 Å². The number of aromatic nitrogens is 1. The maximum Gasteiger partial charge on any atom is 0.203 e. The molecule has 0 amide bonds. The molecule has 1 aliphatic heterocycles. The van der Waals surface area contributed by atoms with Crippen molar-refractivity contribution in [3.63, 3.8) is 0 Å². The van der Waals surface area contributed by atoms with E-state index >= 15 is 0 Å². The van der Waals surface area contributed by atoms with Crippen LogP contribution in [0.4, 0.5) is 5.69 Å². The van der Waals surface area contributed by atoms with E-state index in [1.165, 1.54) is 5.69 Å². The van der Waals surface area contributed by atoms with E-state index in [-0.39, 0.29) is 0 Å². The minimum Gasteiger partial charge on any atom is -0.493 e. The van der Waals surface area contributed by atoms with Gasteiger partial charge in [-0.1, -0.05) is 12.1 Å². The first-order valence-corrected chi connectivity index (χ1v) is 11.3. The first-order chi connectivity index (χ1) is 16.6. The quantitative estimate of drug-likeness (QED) is 0.405. The maximum atomic E-state index is 6.38. The van der Waals surface area contributed by atoms with Crippen molar-refractivity contribution in [1.29, 1.82) is 0 Å². The molecule has 34 heavy (non-hydrogen) atoms. The molecule has 0 saturated carbocycles. The zero-order valence-electron chi connectivity index (χ0n) is 20.0. The zero-order chi connectivity index (χ0) is 23.7. The van der Waals surface area contributed by atoms with Gasteiger partial charge < -0.3 is 28.4 Å². The lowest BCUT2D eigenvalue weighted by Gasteiger charge is -2.34. The first-order valence-electron chi connectivity index (χ1n) is 11.3. The number of anilines is 1. The fourth-order valence-electron chi connectivity index (χ4n) is 4.47. The predicted octanol–water partition coefficient (Wildman–Crippen LogP) is 4.94. The largest absolute Gasteiger partial charge is 0.493 e. The van der Waals surface area contributed by atoms with Crippen LogP contribution in [0.25, 0.3) is 33.6 Å². The minimum atomic E-state index is 0.546. The van der Waals surface area contributed by atoms with Gasteiger partial charge in [-0.05, 0) is 42.9 Å². The normalized spacial score (nSPS) is 14.4. The lowest BCUT2D eigenvalue weighted by molar-refractivity contribution is 0.313. The number of rotatable bonds is 6. The fourth-order valence-corrected chi connectivity index (χ4v) is 4.47. The van der Waals surface area contributed by atoms with Gasteiger partial charge in [0, 0.05) is 55.3 Å². The van der Waals surface area contributed by atoms with Crippen LogP contribution >= 0.6 is 0 Å². The number of methoxy groups -OCH3 is 3. The number of likely N-dealkylation sites (N-methyl/N-ethyl adjacent to an activating group) is 1. The van der Waals surface area contributed by atoms with Crippen LogP contribution in [0.3, 0.4) is 0 Å². The highest BCUT2D eigenvalue weighted by atomic mass is 16.5. The molecule has 1 fully saturated rings. The van der Waals surface area contributed by atoms with Gasteiger partial charge in [-0.25, -0.2) is 0 Å². The van der Waals surface area contributed by atoms with Gasteiger partial charge in [0.15, 0.2) is 17.1 Å². The van der Waals surface area contributed by atoms with Gasteiger partial charge in [0.25, 0.3) is 0 Å². The number of ether oxygens (including phenoxy) is 3. The van der Waals surface area contributed by atoms with Gasteiger partial charge in [-0.3, -0.25) is 4.98 Å². The minimum absolute atomic E-state index is 0.546. The summed E-state index contributed by atoms with van der Waals surface area (Å²) in [6.07, 6.45) is 1.83. The summed E-state index contributed by atoms with van der Waals surface area (Å²) in [5.74, 6) is 2.38. The highest BCUT2D eigenvalue weighted by molar-refractivity contribution is 5.93. The number of fused-ring (bicyclic) bond motifs is 1. The molecule has 0 radical (unpaired) electrons. The summed E-state index contributed by atoms with van der Waals surface area (Å²) in [5.41, 5.74) is 5.72. The van der Waals surface area contributed by atoms with Crippen molar-refractivity contribution in [2.24, 2.45) is 0 Å². The molecule has 1 saturated heterocycles. The molecule has 1 aliphatic rings. The molecule has 0 spiro atoms. The number of benzene rings is 2. The molecule has 0 N–H and O–H groups in total. The number of pyridine rings is 1.